The Morgan fingerprint density at radius 2 is 2.10 bits per heavy atom. The Morgan fingerprint density at radius 3 is 2.65 bits per heavy atom. The molecule has 20 heavy (non-hydrogen) atoms. The van der Waals surface area contributed by atoms with Gasteiger partial charge in [0, 0.05) is 18.8 Å². The van der Waals surface area contributed by atoms with E-state index >= 15 is 0 Å². The number of nitrogens with zero attached hydrogens (tertiary/aromatic N) is 5. The van der Waals surface area contributed by atoms with E-state index in [1.54, 1.807) is 17.8 Å². The Morgan fingerprint density at radius 1 is 1.40 bits per heavy atom. The van der Waals surface area contributed by atoms with Gasteiger partial charge in [-0.1, -0.05) is 6.92 Å². The van der Waals surface area contributed by atoms with E-state index in [1.807, 2.05) is 18.5 Å². The molecule has 2 heterocycles. The second-order valence-corrected chi connectivity index (χ2v) is 4.93. The summed E-state index contributed by atoms with van der Waals surface area (Å²) in [6.07, 6.45) is 0.963. The molecule has 0 aliphatic heterocycles. The molecule has 0 saturated carbocycles. The summed E-state index contributed by atoms with van der Waals surface area (Å²) < 4.78 is 3.48. The zero-order chi connectivity index (χ0) is 14.9. The van der Waals surface area contributed by atoms with Gasteiger partial charge in [-0.05, 0) is 33.3 Å². The predicted octanol–water partition coefficient (Wildman–Crippen LogP) is 1.85. The van der Waals surface area contributed by atoms with Gasteiger partial charge in [0.05, 0.1) is 0 Å². The second-order valence-electron chi connectivity index (χ2n) is 4.93. The van der Waals surface area contributed by atoms with Crippen molar-refractivity contribution in [3.63, 3.8) is 0 Å². The number of aryl methyl sites for hydroxylation is 3. The molecule has 0 aliphatic rings. The first kappa shape index (κ1) is 14.2. The normalized spacial score (nSPS) is 12.4. The van der Waals surface area contributed by atoms with Crippen LogP contribution in [0.4, 0.5) is 5.95 Å². The highest BCUT2D eigenvalue weighted by atomic mass is 16.2. The molecule has 1 unspecified atom stereocenters. The molecule has 7 nitrogen and oxygen atoms in total. The second kappa shape index (κ2) is 5.44. The number of aromatic nitrogens is 5. The first-order chi connectivity index (χ1) is 9.42. The standard InChI is InChI=1S/C13H20N6O/c1-6-8(2)19-9(3)7-11(16-19)12(20)15-13-14-10(4)18(5)17-13/h7-8H,6H2,1-5H3,(H,15,17,20). The summed E-state index contributed by atoms with van der Waals surface area (Å²) in [4.78, 5) is 16.3. The highest BCUT2D eigenvalue weighted by Crippen LogP contribution is 2.14. The van der Waals surface area contributed by atoms with E-state index in [2.05, 4.69) is 34.3 Å². The maximum Gasteiger partial charge on any atom is 0.278 e. The Bertz CT molecular complexity index is 607. The maximum absolute atomic E-state index is 12.1. The molecule has 7 heteroatoms. The third-order valence-corrected chi connectivity index (χ3v) is 3.37. The number of amides is 1. The summed E-state index contributed by atoms with van der Waals surface area (Å²) in [5, 5.41) is 11.1. The lowest BCUT2D eigenvalue weighted by molar-refractivity contribution is 0.102. The van der Waals surface area contributed by atoms with Gasteiger partial charge < -0.3 is 0 Å². The van der Waals surface area contributed by atoms with Crippen molar-refractivity contribution in [1.29, 1.82) is 0 Å². The van der Waals surface area contributed by atoms with Crippen LogP contribution >= 0.6 is 0 Å². The van der Waals surface area contributed by atoms with Crippen LogP contribution < -0.4 is 5.32 Å². The molecule has 2 rings (SSSR count). The SMILES string of the molecule is CCC(C)n1nc(C(=O)Nc2nc(C)n(C)n2)cc1C. The lowest BCUT2D eigenvalue weighted by atomic mass is 10.2. The highest BCUT2D eigenvalue weighted by molar-refractivity contribution is 6.01. The van der Waals surface area contributed by atoms with Crippen molar-refractivity contribution >= 4 is 11.9 Å². The van der Waals surface area contributed by atoms with Gasteiger partial charge >= 0.3 is 0 Å². The number of carbonyl (C=O) groups is 1. The van der Waals surface area contributed by atoms with Gasteiger partial charge in [-0.25, -0.2) is 0 Å². The van der Waals surface area contributed by atoms with Gasteiger partial charge in [0.1, 0.15) is 5.82 Å². The van der Waals surface area contributed by atoms with Crippen LogP contribution in [0.25, 0.3) is 0 Å². The Kier molecular flexibility index (Phi) is 3.87. The number of carbonyl (C=O) groups excluding carboxylic acids is 1. The largest absolute Gasteiger partial charge is 0.288 e. The minimum Gasteiger partial charge on any atom is -0.288 e. The highest BCUT2D eigenvalue weighted by Gasteiger charge is 2.16. The first-order valence-corrected chi connectivity index (χ1v) is 6.67. The number of hydrogen-bond donors (Lipinski definition) is 1. The lowest BCUT2D eigenvalue weighted by Crippen LogP contribution is -2.15. The van der Waals surface area contributed by atoms with Gasteiger partial charge in [-0.15, -0.1) is 5.10 Å². The van der Waals surface area contributed by atoms with Gasteiger partial charge in [0.2, 0.25) is 5.95 Å². The van der Waals surface area contributed by atoms with Gasteiger partial charge in [-0.3, -0.25) is 19.5 Å². The fraction of sp³-hybridized carbons (Fsp3) is 0.538. The molecule has 0 aliphatic carbocycles. The Hall–Kier alpha value is -2.18. The summed E-state index contributed by atoms with van der Waals surface area (Å²) in [7, 11) is 1.78. The van der Waals surface area contributed by atoms with Crippen molar-refractivity contribution in [2.75, 3.05) is 5.32 Å². The van der Waals surface area contributed by atoms with Crippen LogP contribution in [0.2, 0.25) is 0 Å². The summed E-state index contributed by atoms with van der Waals surface area (Å²) in [6.45, 7) is 7.93. The fourth-order valence-corrected chi connectivity index (χ4v) is 1.90. The van der Waals surface area contributed by atoms with Crippen LogP contribution in [-0.2, 0) is 7.05 Å². The molecule has 2 aromatic heterocycles. The smallest absolute Gasteiger partial charge is 0.278 e. The monoisotopic (exact) mass is 276 g/mol. The van der Waals surface area contributed by atoms with E-state index < -0.39 is 0 Å². The van der Waals surface area contributed by atoms with Crippen molar-refractivity contribution in [2.24, 2.45) is 7.05 Å². The van der Waals surface area contributed by atoms with Crippen LogP contribution in [0.3, 0.4) is 0 Å². The molecule has 0 spiro atoms. The third kappa shape index (κ3) is 2.71. The summed E-state index contributed by atoms with van der Waals surface area (Å²) in [6, 6.07) is 2.05. The summed E-state index contributed by atoms with van der Waals surface area (Å²) in [5.41, 5.74) is 1.35. The molecule has 2 aromatic rings. The molecule has 1 atom stereocenters. The van der Waals surface area contributed by atoms with E-state index in [9.17, 15) is 4.79 Å². The molecule has 1 amide bonds. The van der Waals surface area contributed by atoms with Crippen LogP contribution in [0.5, 0.6) is 0 Å². The van der Waals surface area contributed by atoms with Crippen LogP contribution in [0.15, 0.2) is 6.07 Å². The number of anilines is 1. The topological polar surface area (TPSA) is 77.6 Å². The minimum atomic E-state index is -0.291. The number of hydrogen-bond acceptors (Lipinski definition) is 4. The quantitative estimate of drug-likeness (QED) is 0.924. The lowest BCUT2D eigenvalue weighted by Gasteiger charge is -2.10. The molecule has 0 saturated heterocycles. The maximum atomic E-state index is 12.1. The summed E-state index contributed by atoms with van der Waals surface area (Å²) in [5.74, 6) is 0.744. The van der Waals surface area contributed by atoms with Crippen molar-refractivity contribution < 1.29 is 4.79 Å². The van der Waals surface area contributed by atoms with Crippen molar-refractivity contribution in [2.45, 2.75) is 40.2 Å². The Balaban J connectivity index is 2.17. The van der Waals surface area contributed by atoms with Gasteiger partial charge in [0.15, 0.2) is 5.69 Å². The zero-order valence-corrected chi connectivity index (χ0v) is 12.5. The van der Waals surface area contributed by atoms with Crippen LogP contribution in [0, 0.1) is 13.8 Å². The van der Waals surface area contributed by atoms with E-state index in [1.165, 1.54) is 0 Å². The zero-order valence-electron chi connectivity index (χ0n) is 12.5. The molecule has 0 bridgehead atoms. The fourth-order valence-electron chi connectivity index (χ4n) is 1.90. The van der Waals surface area contributed by atoms with E-state index in [0.717, 1.165) is 17.9 Å². The third-order valence-electron chi connectivity index (χ3n) is 3.37. The van der Waals surface area contributed by atoms with E-state index in [4.69, 9.17) is 0 Å². The first-order valence-electron chi connectivity index (χ1n) is 6.67. The average molecular weight is 276 g/mol. The van der Waals surface area contributed by atoms with Crippen molar-refractivity contribution in [1.82, 2.24) is 24.5 Å². The molecular weight excluding hydrogens is 256 g/mol. The average Bonchev–Trinajstić information content (AvgIpc) is 2.92. The molecule has 0 radical (unpaired) electrons. The summed E-state index contributed by atoms with van der Waals surface area (Å²) >= 11 is 0. The van der Waals surface area contributed by atoms with Gasteiger partial charge in [-0.2, -0.15) is 10.1 Å². The molecule has 1 N–H and O–H groups in total. The number of rotatable bonds is 4. The van der Waals surface area contributed by atoms with Crippen molar-refractivity contribution in [3.05, 3.63) is 23.3 Å². The van der Waals surface area contributed by atoms with Crippen LogP contribution in [-0.4, -0.2) is 30.5 Å². The Labute approximate surface area is 118 Å². The minimum absolute atomic E-state index is 0.270. The van der Waals surface area contributed by atoms with Gasteiger partial charge in [0.25, 0.3) is 5.91 Å². The van der Waals surface area contributed by atoms with Crippen LogP contribution in [0.1, 0.15) is 48.3 Å². The molecule has 0 fully saturated rings. The van der Waals surface area contributed by atoms with Crippen molar-refractivity contribution in [3.8, 4) is 0 Å². The predicted molar refractivity (Wildman–Crippen MR) is 75.7 cm³/mol. The number of nitrogens with one attached hydrogen (secondary N) is 1. The molecule has 0 aromatic carbocycles. The molecule has 108 valence electrons. The van der Waals surface area contributed by atoms with E-state index in [0.29, 0.717) is 11.6 Å². The van der Waals surface area contributed by atoms with E-state index in [-0.39, 0.29) is 11.9 Å². The molecular formula is C13H20N6O.